The Morgan fingerprint density at radius 2 is 1.77 bits per heavy atom. The zero-order chi connectivity index (χ0) is 18.9. The molecule has 2 rings (SSSR count). The van der Waals surface area contributed by atoms with E-state index in [4.69, 9.17) is 0 Å². The molecule has 1 aromatic carbocycles. The van der Waals surface area contributed by atoms with Crippen LogP contribution in [-0.2, 0) is 6.54 Å². The highest BCUT2D eigenvalue weighted by atomic mass is 16.2. The molecule has 1 N–H and O–H groups in total. The van der Waals surface area contributed by atoms with Gasteiger partial charge in [-0.05, 0) is 43.0 Å². The smallest absolute Gasteiger partial charge is 0.270 e. The molecule has 0 saturated carbocycles. The molecule has 26 heavy (non-hydrogen) atoms. The van der Waals surface area contributed by atoms with Crippen molar-refractivity contribution in [2.24, 2.45) is 0 Å². The fraction of sp³-hybridized carbons (Fsp3) is 0.381. The molecule has 2 aromatic rings. The SMILES string of the molecule is CCCN(CCC)C(=O)c1ccnc(C(=O)NCc2ccccc2C)c1. The number of pyridine rings is 1. The number of aromatic nitrogens is 1. The van der Waals surface area contributed by atoms with Crippen LogP contribution >= 0.6 is 0 Å². The number of amides is 2. The van der Waals surface area contributed by atoms with Gasteiger partial charge in [-0.2, -0.15) is 0 Å². The number of nitrogens with zero attached hydrogens (tertiary/aromatic N) is 2. The predicted octanol–water partition coefficient (Wildman–Crippen LogP) is 3.58. The Kier molecular flexibility index (Phi) is 7.33. The lowest BCUT2D eigenvalue weighted by Crippen LogP contribution is -2.33. The molecule has 5 nitrogen and oxygen atoms in total. The molecular weight excluding hydrogens is 326 g/mol. The van der Waals surface area contributed by atoms with Crippen molar-refractivity contribution in [2.75, 3.05) is 13.1 Å². The van der Waals surface area contributed by atoms with Crippen molar-refractivity contribution < 1.29 is 9.59 Å². The minimum absolute atomic E-state index is 0.0518. The standard InChI is InChI=1S/C21H27N3O2/c1-4-12-24(13-5-2)21(26)17-10-11-22-19(14-17)20(25)23-15-18-9-7-6-8-16(18)3/h6-11,14H,4-5,12-13,15H2,1-3H3,(H,23,25). The number of hydrogen-bond acceptors (Lipinski definition) is 3. The van der Waals surface area contributed by atoms with Gasteiger partial charge in [0.25, 0.3) is 11.8 Å². The van der Waals surface area contributed by atoms with E-state index in [0.717, 1.165) is 24.0 Å². The first-order valence-electron chi connectivity index (χ1n) is 9.14. The van der Waals surface area contributed by atoms with Crippen molar-refractivity contribution in [1.29, 1.82) is 0 Å². The van der Waals surface area contributed by atoms with Crippen LogP contribution < -0.4 is 5.32 Å². The van der Waals surface area contributed by atoms with E-state index in [-0.39, 0.29) is 17.5 Å². The molecule has 0 radical (unpaired) electrons. The summed E-state index contributed by atoms with van der Waals surface area (Å²) in [5.41, 5.74) is 2.95. The predicted molar refractivity (Wildman–Crippen MR) is 103 cm³/mol. The van der Waals surface area contributed by atoms with Gasteiger partial charge in [0.2, 0.25) is 0 Å². The summed E-state index contributed by atoms with van der Waals surface area (Å²) in [6.45, 7) is 7.96. The van der Waals surface area contributed by atoms with Gasteiger partial charge in [0.05, 0.1) is 0 Å². The van der Waals surface area contributed by atoms with E-state index in [1.807, 2.05) is 49.9 Å². The Bertz CT molecular complexity index is 752. The molecule has 0 aliphatic carbocycles. The molecule has 0 saturated heterocycles. The van der Waals surface area contributed by atoms with E-state index >= 15 is 0 Å². The third kappa shape index (κ3) is 5.15. The van der Waals surface area contributed by atoms with Crippen LogP contribution in [0.2, 0.25) is 0 Å². The van der Waals surface area contributed by atoms with Gasteiger partial charge in [-0.3, -0.25) is 14.6 Å². The van der Waals surface area contributed by atoms with Crippen molar-refractivity contribution in [1.82, 2.24) is 15.2 Å². The number of benzene rings is 1. The lowest BCUT2D eigenvalue weighted by Gasteiger charge is -2.21. The summed E-state index contributed by atoms with van der Waals surface area (Å²) in [4.78, 5) is 31.1. The lowest BCUT2D eigenvalue weighted by atomic mass is 10.1. The van der Waals surface area contributed by atoms with Gasteiger partial charge in [-0.1, -0.05) is 38.1 Å². The Morgan fingerprint density at radius 1 is 1.08 bits per heavy atom. The number of hydrogen-bond donors (Lipinski definition) is 1. The van der Waals surface area contributed by atoms with Gasteiger partial charge in [-0.15, -0.1) is 0 Å². The Labute approximate surface area is 155 Å². The second-order valence-electron chi connectivity index (χ2n) is 6.33. The van der Waals surface area contributed by atoms with Crippen LogP contribution in [0.3, 0.4) is 0 Å². The topological polar surface area (TPSA) is 62.3 Å². The molecule has 0 spiro atoms. The highest BCUT2D eigenvalue weighted by molar-refractivity contribution is 5.98. The highest BCUT2D eigenvalue weighted by Gasteiger charge is 2.16. The van der Waals surface area contributed by atoms with Crippen LogP contribution in [-0.4, -0.2) is 34.8 Å². The van der Waals surface area contributed by atoms with E-state index in [2.05, 4.69) is 10.3 Å². The van der Waals surface area contributed by atoms with Crippen LogP contribution in [0.5, 0.6) is 0 Å². The van der Waals surface area contributed by atoms with Crippen molar-refractivity contribution in [3.8, 4) is 0 Å². The second-order valence-corrected chi connectivity index (χ2v) is 6.33. The minimum Gasteiger partial charge on any atom is -0.347 e. The Hall–Kier alpha value is -2.69. The molecule has 0 fully saturated rings. The quantitative estimate of drug-likeness (QED) is 0.789. The number of nitrogens with one attached hydrogen (secondary N) is 1. The van der Waals surface area contributed by atoms with Crippen molar-refractivity contribution in [3.05, 3.63) is 65.0 Å². The maximum absolute atomic E-state index is 12.7. The van der Waals surface area contributed by atoms with Crippen LogP contribution in [0.15, 0.2) is 42.6 Å². The molecule has 5 heteroatoms. The Morgan fingerprint density at radius 3 is 2.42 bits per heavy atom. The fourth-order valence-corrected chi connectivity index (χ4v) is 2.80. The zero-order valence-corrected chi connectivity index (χ0v) is 15.8. The molecule has 0 aliphatic rings. The summed E-state index contributed by atoms with van der Waals surface area (Å²) in [7, 11) is 0. The van der Waals surface area contributed by atoms with Crippen LogP contribution in [0, 0.1) is 6.92 Å². The summed E-state index contributed by atoms with van der Waals surface area (Å²) < 4.78 is 0. The van der Waals surface area contributed by atoms with E-state index in [1.54, 1.807) is 12.1 Å². The summed E-state index contributed by atoms with van der Waals surface area (Å²) in [6, 6.07) is 11.1. The maximum Gasteiger partial charge on any atom is 0.270 e. The second kappa shape index (κ2) is 9.70. The summed E-state index contributed by atoms with van der Waals surface area (Å²) in [5, 5.41) is 2.88. The van der Waals surface area contributed by atoms with Crippen molar-refractivity contribution in [3.63, 3.8) is 0 Å². The third-order valence-electron chi connectivity index (χ3n) is 4.21. The first-order chi connectivity index (χ1) is 12.6. The minimum atomic E-state index is -0.277. The molecule has 138 valence electrons. The fourth-order valence-electron chi connectivity index (χ4n) is 2.80. The van der Waals surface area contributed by atoms with Gasteiger partial charge in [0, 0.05) is 31.4 Å². The molecule has 1 aromatic heterocycles. The molecule has 2 amide bonds. The van der Waals surface area contributed by atoms with Crippen LogP contribution in [0.4, 0.5) is 0 Å². The first kappa shape index (κ1) is 19.6. The van der Waals surface area contributed by atoms with Crippen LogP contribution in [0.25, 0.3) is 0 Å². The molecule has 1 heterocycles. The third-order valence-corrected chi connectivity index (χ3v) is 4.21. The number of carbonyl (C=O) groups excluding carboxylic acids is 2. The van der Waals surface area contributed by atoms with Crippen LogP contribution in [0.1, 0.15) is 58.7 Å². The van der Waals surface area contributed by atoms with Gasteiger partial charge in [0.15, 0.2) is 0 Å². The maximum atomic E-state index is 12.7. The molecule has 0 aliphatic heterocycles. The average molecular weight is 353 g/mol. The lowest BCUT2D eigenvalue weighted by molar-refractivity contribution is 0.0755. The average Bonchev–Trinajstić information content (AvgIpc) is 2.66. The van der Waals surface area contributed by atoms with Gasteiger partial charge < -0.3 is 10.2 Å². The monoisotopic (exact) mass is 353 g/mol. The van der Waals surface area contributed by atoms with Gasteiger partial charge >= 0.3 is 0 Å². The largest absolute Gasteiger partial charge is 0.347 e. The Balaban J connectivity index is 2.08. The van der Waals surface area contributed by atoms with E-state index in [1.165, 1.54) is 6.20 Å². The molecule has 0 atom stereocenters. The molecule has 0 bridgehead atoms. The van der Waals surface area contributed by atoms with E-state index in [0.29, 0.717) is 25.2 Å². The normalized spacial score (nSPS) is 10.4. The summed E-state index contributed by atoms with van der Waals surface area (Å²) >= 11 is 0. The van der Waals surface area contributed by atoms with Crippen molar-refractivity contribution >= 4 is 11.8 Å². The number of carbonyl (C=O) groups is 2. The zero-order valence-electron chi connectivity index (χ0n) is 15.8. The molecular formula is C21H27N3O2. The van der Waals surface area contributed by atoms with E-state index in [9.17, 15) is 9.59 Å². The summed E-state index contributed by atoms with van der Waals surface area (Å²) in [5.74, 6) is -0.329. The number of rotatable bonds is 8. The van der Waals surface area contributed by atoms with Crippen molar-refractivity contribution in [2.45, 2.75) is 40.2 Å². The summed E-state index contributed by atoms with van der Waals surface area (Å²) in [6.07, 6.45) is 3.33. The number of aryl methyl sites for hydroxylation is 1. The van der Waals surface area contributed by atoms with E-state index < -0.39 is 0 Å². The molecule has 0 unspecified atom stereocenters. The van der Waals surface area contributed by atoms with Gasteiger partial charge in [0.1, 0.15) is 5.69 Å². The van der Waals surface area contributed by atoms with Gasteiger partial charge in [-0.25, -0.2) is 0 Å². The highest BCUT2D eigenvalue weighted by Crippen LogP contribution is 2.10. The first-order valence-corrected chi connectivity index (χ1v) is 9.14.